The van der Waals surface area contributed by atoms with Crippen molar-refractivity contribution in [1.29, 1.82) is 0 Å². The first-order valence-electron chi connectivity index (χ1n) is 9.74. The maximum Gasteiger partial charge on any atom is 0.191 e. The number of benzene rings is 1. The summed E-state index contributed by atoms with van der Waals surface area (Å²) >= 11 is 0. The number of rotatable bonds is 9. The van der Waals surface area contributed by atoms with Crippen molar-refractivity contribution in [2.24, 2.45) is 10.9 Å². The fourth-order valence-corrected chi connectivity index (χ4v) is 2.73. The standard InChI is InChI=1S/C21H33N5O/c1-6-22-21(25-14-20-23-11-12-26(20)15-16(2)3)24-13-18(5)27-19-10-8-7-9-17(19)4/h7-12,16,18H,6,13-15H2,1-5H3,(H2,22,24,25). The molecule has 1 heterocycles. The summed E-state index contributed by atoms with van der Waals surface area (Å²) in [6, 6.07) is 8.07. The van der Waals surface area contributed by atoms with Crippen LogP contribution in [0, 0.1) is 12.8 Å². The zero-order chi connectivity index (χ0) is 19.6. The molecule has 2 rings (SSSR count). The molecule has 0 aliphatic carbocycles. The molecule has 1 aromatic carbocycles. The van der Waals surface area contributed by atoms with Crippen LogP contribution in [-0.2, 0) is 13.1 Å². The molecular weight excluding hydrogens is 338 g/mol. The normalized spacial score (nSPS) is 12.9. The van der Waals surface area contributed by atoms with Crippen LogP contribution in [0.1, 0.15) is 39.1 Å². The molecule has 2 aromatic rings. The van der Waals surface area contributed by atoms with Gasteiger partial charge in [0, 0.05) is 25.5 Å². The van der Waals surface area contributed by atoms with Crippen molar-refractivity contribution in [2.75, 3.05) is 13.1 Å². The van der Waals surface area contributed by atoms with Gasteiger partial charge in [-0.25, -0.2) is 9.98 Å². The first kappa shape index (κ1) is 20.8. The number of hydrogen-bond donors (Lipinski definition) is 2. The van der Waals surface area contributed by atoms with Crippen LogP contribution in [0.2, 0.25) is 0 Å². The Kier molecular flexibility index (Phi) is 8.17. The zero-order valence-corrected chi connectivity index (χ0v) is 17.2. The van der Waals surface area contributed by atoms with Gasteiger partial charge < -0.3 is 19.9 Å². The monoisotopic (exact) mass is 371 g/mol. The Balaban J connectivity index is 1.91. The highest BCUT2D eigenvalue weighted by molar-refractivity contribution is 5.79. The van der Waals surface area contributed by atoms with Crippen molar-refractivity contribution in [2.45, 2.75) is 53.8 Å². The molecule has 0 saturated heterocycles. The topological polar surface area (TPSA) is 63.5 Å². The van der Waals surface area contributed by atoms with Gasteiger partial charge in [-0.05, 0) is 38.3 Å². The number of hydrogen-bond acceptors (Lipinski definition) is 3. The Morgan fingerprint density at radius 1 is 1.22 bits per heavy atom. The first-order chi connectivity index (χ1) is 13.0. The molecule has 0 spiro atoms. The number of nitrogens with zero attached hydrogens (tertiary/aromatic N) is 3. The lowest BCUT2D eigenvalue weighted by atomic mass is 10.2. The number of aryl methyl sites for hydroxylation is 1. The van der Waals surface area contributed by atoms with Crippen LogP contribution in [0.3, 0.4) is 0 Å². The highest BCUT2D eigenvalue weighted by atomic mass is 16.5. The summed E-state index contributed by atoms with van der Waals surface area (Å²) in [5, 5.41) is 6.64. The van der Waals surface area contributed by atoms with Crippen LogP contribution < -0.4 is 15.4 Å². The number of ether oxygens (including phenoxy) is 1. The maximum absolute atomic E-state index is 6.03. The molecule has 0 radical (unpaired) electrons. The Hall–Kier alpha value is -2.50. The molecule has 0 amide bonds. The number of aromatic nitrogens is 2. The predicted molar refractivity (Wildman–Crippen MR) is 111 cm³/mol. The van der Waals surface area contributed by atoms with E-state index in [2.05, 4.69) is 65.9 Å². The largest absolute Gasteiger partial charge is 0.489 e. The summed E-state index contributed by atoms with van der Waals surface area (Å²) in [5.74, 6) is 3.25. The number of imidazole rings is 1. The van der Waals surface area contributed by atoms with Gasteiger partial charge in [0.15, 0.2) is 5.96 Å². The quantitative estimate of drug-likeness (QED) is 0.524. The SMILES string of the molecule is CCNC(=NCc1nccn1CC(C)C)NCC(C)Oc1ccccc1C. The van der Waals surface area contributed by atoms with Gasteiger partial charge in [0.05, 0.1) is 6.54 Å². The molecule has 0 aliphatic rings. The lowest BCUT2D eigenvalue weighted by Gasteiger charge is -2.18. The van der Waals surface area contributed by atoms with Gasteiger partial charge in [-0.2, -0.15) is 0 Å². The number of nitrogens with one attached hydrogen (secondary N) is 2. The molecular formula is C21H33N5O. The van der Waals surface area contributed by atoms with Crippen molar-refractivity contribution in [3.05, 3.63) is 48.0 Å². The van der Waals surface area contributed by atoms with Gasteiger partial charge in [0.1, 0.15) is 24.2 Å². The summed E-state index contributed by atoms with van der Waals surface area (Å²) in [4.78, 5) is 9.11. The van der Waals surface area contributed by atoms with Crippen LogP contribution in [0.25, 0.3) is 0 Å². The molecule has 0 bridgehead atoms. The van der Waals surface area contributed by atoms with E-state index in [-0.39, 0.29) is 6.10 Å². The Morgan fingerprint density at radius 2 is 2.00 bits per heavy atom. The molecule has 6 nitrogen and oxygen atoms in total. The number of aliphatic imine (C=N–C) groups is 1. The minimum Gasteiger partial charge on any atom is -0.489 e. The summed E-state index contributed by atoms with van der Waals surface area (Å²) in [7, 11) is 0. The predicted octanol–water partition coefficient (Wildman–Crippen LogP) is 3.37. The van der Waals surface area contributed by atoms with E-state index in [1.54, 1.807) is 0 Å². The van der Waals surface area contributed by atoms with E-state index >= 15 is 0 Å². The van der Waals surface area contributed by atoms with E-state index < -0.39 is 0 Å². The Labute approximate surface area is 163 Å². The molecule has 1 aromatic heterocycles. The number of para-hydroxylation sites is 1. The van der Waals surface area contributed by atoms with Crippen molar-refractivity contribution >= 4 is 5.96 Å². The molecule has 1 unspecified atom stereocenters. The fourth-order valence-electron chi connectivity index (χ4n) is 2.73. The molecule has 27 heavy (non-hydrogen) atoms. The average Bonchev–Trinajstić information content (AvgIpc) is 3.05. The second-order valence-corrected chi connectivity index (χ2v) is 7.16. The van der Waals surface area contributed by atoms with Crippen molar-refractivity contribution in [1.82, 2.24) is 20.2 Å². The molecule has 2 N–H and O–H groups in total. The van der Waals surface area contributed by atoms with Gasteiger partial charge in [0.25, 0.3) is 0 Å². The second-order valence-electron chi connectivity index (χ2n) is 7.16. The third-order valence-corrected chi connectivity index (χ3v) is 4.07. The molecule has 0 aliphatic heterocycles. The minimum absolute atomic E-state index is 0.0258. The van der Waals surface area contributed by atoms with Crippen LogP contribution in [0.15, 0.2) is 41.7 Å². The summed E-state index contributed by atoms with van der Waals surface area (Å²) < 4.78 is 8.19. The first-order valence-corrected chi connectivity index (χ1v) is 9.74. The van der Waals surface area contributed by atoms with E-state index in [0.717, 1.165) is 36.2 Å². The molecule has 0 saturated carbocycles. The van der Waals surface area contributed by atoms with Gasteiger partial charge >= 0.3 is 0 Å². The van der Waals surface area contributed by atoms with E-state index in [1.807, 2.05) is 30.6 Å². The lowest BCUT2D eigenvalue weighted by molar-refractivity contribution is 0.222. The van der Waals surface area contributed by atoms with E-state index in [4.69, 9.17) is 4.74 Å². The highest BCUT2D eigenvalue weighted by Crippen LogP contribution is 2.17. The Morgan fingerprint density at radius 3 is 2.70 bits per heavy atom. The van der Waals surface area contributed by atoms with E-state index in [0.29, 0.717) is 19.0 Å². The molecule has 148 valence electrons. The highest BCUT2D eigenvalue weighted by Gasteiger charge is 2.08. The smallest absolute Gasteiger partial charge is 0.191 e. The van der Waals surface area contributed by atoms with Gasteiger partial charge in [-0.15, -0.1) is 0 Å². The third kappa shape index (κ3) is 6.96. The summed E-state index contributed by atoms with van der Waals surface area (Å²) in [6.45, 7) is 13.5. The lowest BCUT2D eigenvalue weighted by Crippen LogP contribution is -2.41. The third-order valence-electron chi connectivity index (χ3n) is 4.07. The van der Waals surface area contributed by atoms with E-state index in [1.165, 1.54) is 0 Å². The van der Waals surface area contributed by atoms with Gasteiger partial charge in [-0.3, -0.25) is 0 Å². The average molecular weight is 372 g/mol. The molecule has 6 heteroatoms. The van der Waals surface area contributed by atoms with Crippen LogP contribution in [-0.4, -0.2) is 34.7 Å². The fraction of sp³-hybridized carbons (Fsp3) is 0.524. The second kappa shape index (κ2) is 10.6. The molecule has 0 fully saturated rings. The maximum atomic E-state index is 6.03. The van der Waals surface area contributed by atoms with Crippen molar-refractivity contribution in [3.63, 3.8) is 0 Å². The van der Waals surface area contributed by atoms with Crippen LogP contribution >= 0.6 is 0 Å². The van der Waals surface area contributed by atoms with E-state index in [9.17, 15) is 0 Å². The zero-order valence-electron chi connectivity index (χ0n) is 17.2. The molecule has 1 atom stereocenters. The van der Waals surface area contributed by atoms with Crippen molar-refractivity contribution in [3.8, 4) is 5.75 Å². The van der Waals surface area contributed by atoms with Crippen LogP contribution in [0.5, 0.6) is 5.75 Å². The van der Waals surface area contributed by atoms with Gasteiger partial charge in [0.2, 0.25) is 0 Å². The minimum atomic E-state index is 0.0258. The van der Waals surface area contributed by atoms with Gasteiger partial charge in [-0.1, -0.05) is 32.0 Å². The number of guanidine groups is 1. The summed E-state index contributed by atoms with van der Waals surface area (Å²) in [5.41, 5.74) is 1.14. The Bertz CT molecular complexity index is 723. The van der Waals surface area contributed by atoms with Crippen molar-refractivity contribution < 1.29 is 4.74 Å². The van der Waals surface area contributed by atoms with Crippen LogP contribution in [0.4, 0.5) is 0 Å². The summed E-state index contributed by atoms with van der Waals surface area (Å²) in [6.07, 6.45) is 3.88.